The van der Waals surface area contributed by atoms with Crippen molar-refractivity contribution < 1.29 is 9.59 Å². The molecular formula is C16H18N6O2. The van der Waals surface area contributed by atoms with Crippen molar-refractivity contribution in [2.75, 3.05) is 18.0 Å². The Balaban J connectivity index is 1.56. The number of rotatable bonds is 2. The second-order valence-electron chi connectivity index (χ2n) is 6.81. The van der Waals surface area contributed by atoms with Crippen LogP contribution in [-0.4, -0.2) is 45.7 Å². The van der Waals surface area contributed by atoms with E-state index in [1.807, 2.05) is 6.07 Å². The van der Waals surface area contributed by atoms with E-state index in [0.717, 1.165) is 23.8 Å². The molecule has 8 nitrogen and oxygen atoms in total. The fraction of sp³-hybridized carbons (Fsp3) is 0.500. The monoisotopic (exact) mass is 326 g/mol. The van der Waals surface area contributed by atoms with Gasteiger partial charge < -0.3 is 10.2 Å². The van der Waals surface area contributed by atoms with Crippen LogP contribution >= 0.6 is 0 Å². The van der Waals surface area contributed by atoms with Crippen molar-refractivity contribution in [2.45, 2.75) is 31.2 Å². The van der Waals surface area contributed by atoms with Crippen LogP contribution in [0.1, 0.15) is 30.9 Å². The highest BCUT2D eigenvalue weighted by Gasteiger charge is 2.43. The number of imide groups is 1. The summed E-state index contributed by atoms with van der Waals surface area (Å²) in [6.07, 6.45) is 7.33. The number of hydrogen-bond donors (Lipinski definition) is 2. The third-order valence-electron chi connectivity index (χ3n) is 5.50. The lowest BCUT2D eigenvalue weighted by Crippen LogP contribution is -2.54. The summed E-state index contributed by atoms with van der Waals surface area (Å²) in [5, 5.41) is 9.52. The van der Waals surface area contributed by atoms with E-state index in [4.69, 9.17) is 0 Å². The molecule has 24 heavy (non-hydrogen) atoms. The minimum absolute atomic E-state index is 0.267. The fourth-order valence-electron chi connectivity index (χ4n) is 4.24. The third-order valence-corrected chi connectivity index (χ3v) is 5.50. The molecule has 3 amide bonds. The lowest BCUT2D eigenvalue weighted by atomic mass is 9.91. The van der Waals surface area contributed by atoms with Crippen molar-refractivity contribution in [3.8, 4) is 0 Å². The Hall–Kier alpha value is -2.64. The summed E-state index contributed by atoms with van der Waals surface area (Å²) in [7, 11) is 0. The van der Waals surface area contributed by atoms with Gasteiger partial charge in [0.25, 0.3) is 0 Å². The Kier molecular flexibility index (Phi) is 2.83. The van der Waals surface area contributed by atoms with Gasteiger partial charge in [-0.1, -0.05) is 6.42 Å². The van der Waals surface area contributed by atoms with Gasteiger partial charge >= 0.3 is 6.03 Å². The molecule has 3 unspecified atom stereocenters. The third kappa shape index (κ3) is 1.92. The van der Waals surface area contributed by atoms with E-state index in [0.29, 0.717) is 11.7 Å². The number of amides is 3. The molecule has 0 spiro atoms. The van der Waals surface area contributed by atoms with Gasteiger partial charge in [-0.2, -0.15) is 5.10 Å². The highest BCUT2D eigenvalue weighted by Crippen LogP contribution is 2.43. The molecule has 2 saturated heterocycles. The average Bonchev–Trinajstić information content (AvgIpc) is 3.14. The zero-order chi connectivity index (χ0) is 16.3. The molecule has 0 radical (unpaired) electrons. The topological polar surface area (TPSA) is 91.6 Å². The van der Waals surface area contributed by atoms with Crippen LogP contribution in [0.4, 0.5) is 10.5 Å². The van der Waals surface area contributed by atoms with E-state index in [2.05, 4.69) is 25.6 Å². The Morgan fingerprint density at radius 1 is 1.25 bits per heavy atom. The number of anilines is 1. The van der Waals surface area contributed by atoms with E-state index < -0.39 is 11.9 Å². The normalized spacial score (nSPS) is 29.2. The maximum Gasteiger partial charge on any atom is 0.321 e. The lowest BCUT2D eigenvalue weighted by Gasteiger charge is -2.46. The van der Waals surface area contributed by atoms with Crippen molar-refractivity contribution in [3.63, 3.8) is 0 Å². The Morgan fingerprint density at radius 3 is 3.00 bits per heavy atom. The van der Waals surface area contributed by atoms with Crippen LogP contribution in [0, 0.1) is 5.92 Å². The Bertz CT molecular complexity index is 846. The predicted octanol–water partition coefficient (Wildman–Crippen LogP) is 0.641. The van der Waals surface area contributed by atoms with Crippen molar-refractivity contribution >= 4 is 23.3 Å². The first-order chi connectivity index (χ1) is 11.7. The molecule has 2 aromatic rings. The molecule has 1 aliphatic carbocycles. The summed E-state index contributed by atoms with van der Waals surface area (Å²) < 4.78 is 1.73. The molecule has 3 aliphatic rings. The van der Waals surface area contributed by atoms with Crippen LogP contribution in [0.5, 0.6) is 0 Å². The first kappa shape index (κ1) is 13.8. The van der Waals surface area contributed by atoms with Crippen molar-refractivity contribution in [1.82, 2.24) is 25.2 Å². The van der Waals surface area contributed by atoms with Crippen LogP contribution in [0.25, 0.3) is 5.65 Å². The van der Waals surface area contributed by atoms with Crippen LogP contribution in [0.15, 0.2) is 18.5 Å². The lowest BCUT2D eigenvalue weighted by molar-refractivity contribution is -0.122. The molecule has 3 atom stereocenters. The summed E-state index contributed by atoms with van der Waals surface area (Å²) in [5.74, 6) is 0.00168. The average molecular weight is 326 g/mol. The highest BCUT2D eigenvalue weighted by molar-refractivity contribution is 6.00. The smallest absolute Gasteiger partial charge is 0.321 e. The van der Waals surface area contributed by atoms with Crippen molar-refractivity contribution in [2.24, 2.45) is 5.92 Å². The van der Waals surface area contributed by atoms with Gasteiger partial charge in [-0.25, -0.2) is 14.3 Å². The number of carbonyl (C=O) groups is 2. The number of urea groups is 1. The second kappa shape index (κ2) is 4.93. The molecule has 0 bridgehead atoms. The first-order valence-corrected chi connectivity index (χ1v) is 8.40. The van der Waals surface area contributed by atoms with Gasteiger partial charge in [-0.05, 0) is 24.8 Å². The molecule has 2 aromatic heterocycles. The molecular weight excluding hydrogens is 308 g/mol. The highest BCUT2D eigenvalue weighted by atomic mass is 16.2. The number of nitrogens with one attached hydrogen (secondary N) is 2. The quantitative estimate of drug-likeness (QED) is 0.845. The first-order valence-electron chi connectivity index (χ1n) is 8.40. The summed E-state index contributed by atoms with van der Waals surface area (Å²) in [5.41, 5.74) is 2.52. The van der Waals surface area contributed by atoms with Gasteiger partial charge in [0.1, 0.15) is 0 Å². The summed E-state index contributed by atoms with van der Waals surface area (Å²) in [6.45, 7) is 1.31. The van der Waals surface area contributed by atoms with Gasteiger partial charge in [0, 0.05) is 31.5 Å². The van der Waals surface area contributed by atoms with Crippen LogP contribution in [0.2, 0.25) is 0 Å². The summed E-state index contributed by atoms with van der Waals surface area (Å²) >= 11 is 0. The Morgan fingerprint density at radius 2 is 2.17 bits per heavy atom. The van der Waals surface area contributed by atoms with Gasteiger partial charge in [-0.3, -0.25) is 10.1 Å². The van der Waals surface area contributed by atoms with Crippen molar-refractivity contribution in [3.05, 3.63) is 24.2 Å². The molecule has 4 heterocycles. The van der Waals surface area contributed by atoms with Crippen molar-refractivity contribution in [1.29, 1.82) is 0 Å². The summed E-state index contributed by atoms with van der Waals surface area (Å²) in [6, 6.07) is 2.11. The Labute approximate surface area is 138 Å². The van der Waals surface area contributed by atoms with Gasteiger partial charge in [-0.15, -0.1) is 0 Å². The van der Waals surface area contributed by atoms with Gasteiger partial charge in [0.15, 0.2) is 5.65 Å². The minimum Gasteiger partial charge on any atom is -0.365 e. The van der Waals surface area contributed by atoms with Gasteiger partial charge in [0.05, 0.1) is 17.3 Å². The molecule has 8 heteroatoms. The number of nitrogens with zero attached hydrogens (tertiary/aromatic N) is 4. The maximum atomic E-state index is 12.2. The molecule has 1 saturated carbocycles. The SMILES string of the molecule is O=C1NCC(c2cc(N3CC4CCCC43)c3nccn3n2)C(=O)N1. The number of hydrogen-bond acceptors (Lipinski definition) is 5. The summed E-state index contributed by atoms with van der Waals surface area (Å²) in [4.78, 5) is 30.3. The van der Waals surface area contributed by atoms with E-state index in [-0.39, 0.29) is 12.5 Å². The number of carbonyl (C=O) groups excluding carboxylic acids is 2. The second-order valence-corrected chi connectivity index (χ2v) is 6.81. The minimum atomic E-state index is -0.478. The van der Waals surface area contributed by atoms with Gasteiger partial charge in [0.2, 0.25) is 5.91 Å². The number of imidazole rings is 1. The maximum absolute atomic E-state index is 12.2. The largest absolute Gasteiger partial charge is 0.365 e. The van der Waals surface area contributed by atoms with Crippen LogP contribution in [0.3, 0.4) is 0 Å². The van der Waals surface area contributed by atoms with Crippen LogP contribution < -0.4 is 15.5 Å². The van der Waals surface area contributed by atoms with Crippen LogP contribution in [-0.2, 0) is 4.79 Å². The van der Waals surface area contributed by atoms with E-state index in [1.165, 1.54) is 19.3 Å². The van der Waals surface area contributed by atoms with E-state index >= 15 is 0 Å². The molecule has 124 valence electrons. The molecule has 5 rings (SSSR count). The molecule has 3 fully saturated rings. The number of fused-ring (bicyclic) bond motifs is 2. The predicted molar refractivity (Wildman–Crippen MR) is 85.7 cm³/mol. The fourth-order valence-corrected chi connectivity index (χ4v) is 4.24. The molecule has 2 N–H and O–H groups in total. The zero-order valence-corrected chi connectivity index (χ0v) is 13.1. The van der Waals surface area contributed by atoms with E-state index in [9.17, 15) is 9.59 Å². The van der Waals surface area contributed by atoms with E-state index in [1.54, 1.807) is 16.9 Å². The molecule has 0 aromatic carbocycles. The number of aromatic nitrogens is 3. The standard InChI is InChI=1S/C16H18N6O2/c23-15-10(7-18-16(24)19-15)11-6-13(14-17-4-5-22(14)20-11)21-8-9-2-1-3-12(9)21/h4-6,9-10,12H,1-3,7-8H2,(H2,18,19,23,24). The zero-order valence-electron chi connectivity index (χ0n) is 13.1. The molecule has 2 aliphatic heterocycles.